The van der Waals surface area contributed by atoms with Crippen LogP contribution in [0.15, 0.2) is 206 Å². The van der Waals surface area contributed by atoms with Crippen molar-refractivity contribution in [2.75, 3.05) is 0 Å². The Morgan fingerprint density at radius 3 is 1.63 bits per heavy atom. The fourth-order valence-electron chi connectivity index (χ4n) is 8.73. The van der Waals surface area contributed by atoms with Gasteiger partial charge in [0.25, 0.3) is 0 Å². The highest BCUT2D eigenvalue weighted by molar-refractivity contribution is 5.92. The molecule has 0 fully saturated rings. The van der Waals surface area contributed by atoms with Crippen LogP contribution in [0.3, 0.4) is 0 Å². The highest BCUT2D eigenvalue weighted by atomic mass is 16.6. The maximum atomic E-state index is 7.03. The molecule has 0 radical (unpaired) electrons. The summed E-state index contributed by atoms with van der Waals surface area (Å²) < 4.78 is 14.0. The smallest absolute Gasteiger partial charge is 0.179 e. The third kappa shape index (κ3) is 5.30. The Balaban J connectivity index is 1.07. The molecule has 9 aromatic rings. The molecule has 0 saturated carbocycles. The maximum Gasteiger partial charge on any atom is 0.179 e. The summed E-state index contributed by atoms with van der Waals surface area (Å²) in [4.78, 5) is 10.3. The van der Waals surface area contributed by atoms with Crippen molar-refractivity contribution in [1.29, 1.82) is 0 Å². The van der Waals surface area contributed by atoms with Crippen LogP contribution >= 0.6 is 0 Å². The van der Waals surface area contributed by atoms with E-state index in [1.165, 1.54) is 16.7 Å². The zero-order valence-corrected chi connectivity index (χ0v) is 30.8. The molecule has 1 aliphatic heterocycles. The van der Waals surface area contributed by atoms with Gasteiger partial charge in [-0.2, -0.15) is 0 Å². The second-order valence-electron chi connectivity index (χ2n) is 14.5. The van der Waals surface area contributed by atoms with Gasteiger partial charge in [-0.3, -0.25) is 0 Å². The van der Waals surface area contributed by atoms with E-state index >= 15 is 0 Å². The molecule has 0 atom stereocenters. The summed E-state index contributed by atoms with van der Waals surface area (Å²) in [6, 6.07) is 71.7. The number of fused-ring (bicyclic) bond motifs is 6. The van der Waals surface area contributed by atoms with Gasteiger partial charge in [-0.15, -0.1) is 0 Å². The zero-order valence-electron chi connectivity index (χ0n) is 30.8. The second-order valence-corrected chi connectivity index (χ2v) is 14.5. The van der Waals surface area contributed by atoms with Gasteiger partial charge in [-0.05, 0) is 69.3 Å². The van der Waals surface area contributed by atoms with Crippen LogP contribution in [0.25, 0.3) is 56.2 Å². The van der Waals surface area contributed by atoms with E-state index in [4.69, 9.17) is 19.4 Å². The second kappa shape index (κ2) is 13.3. The number of hydrogen-bond donors (Lipinski definition) is 0. The van der Waals surface area contributed by atoms with Crippen LogP contribution in [0.5, 0.6) is 23.0 Å². The molecular weight excluding hydrogens is 697 g/mol. The van der Waals surface area contributed by atoms with E-state index in [0.29, 0.717) is 28.8 Å². The summed E-state index contributed by atoms with van der Waals surface area (Å²) in [6.45, 7) is 0. The lowest BCUT2D eigenvalue weighted by molar-refractivity contribution is 0.361. The van der Waals surface area contributed by atoms with Crippen molar-refractivity contribution in [1.82, 2.24) is 9.97 Å². The van der Waals surface area contributed by atoms with Crippen molar-refractivity contribution in [3.05, 3.63) is 229 Å². The fraction of sp³-hybridized carbons (Fsp3) is 0.0189. The Labute approximate surface area is 331 Å². The highest BCUT2D eigenvalue weighted by Gasteiger charge is 2.48. The Morgan fingerprint density at radius 1 is 0.351 bits per heavy atom. The van der Waals surface area contributed by atoms with Crippen molar-refractivity contribution < 1.29 is 9.47 Å². The lowest BCUT2D eigenvalue weighted by Crippen LogP contribution is -2.28. The van der Waals surface area contributed by atoms with Gasteiger partial charge in [-0.25, -0.2) is 9.97 Å². The van der Waals surface area contributed by atoms with Crippen LogP contribution in [-0.4, -0.2) is 9.97 Å². The molecular formula is C53H34N2O2. The van der Waals surface area contributed by atoms with Gasteiger partial charge in [0, 0.05) is 22.3 Å². The molecule has 0 bridgehead atoms. The molecule has 2 aliphatic rings. The van der Waals surface area contributed by atoms with Crippen molar-refractivity contribution in [3.8, 4) is 79.2 Å². The number of ether oxygens (including phenoxy) is 2. The molecule has 4 nitrogen and oxygen atoms in total. The Morgan fingerprint density at radius 2 is 0.895 bits per heavy atom. The minimum absolute atomic E-state index is 0.544. The largest absolute Gasteiger partial charge is 0.449 e. The van der Waals surface area contributed by atoms with Crippen molar-refractivity contribution >= 4 is 0 Å². The average molecular weight is 731 g/mol. The first-order chi connectivity index (χ1) is 28.3. The van der Waals surface area contributed by atoms with Crippen LogP contribution in [0.2, 0.25) is 0 Å². The number of benzene rings is 8. The first-order valence-corrected chi connectivity index (χ1v) is 19.2. The van der Waals surface area contributed by atoms with Crippen LogP contribution in [0.4, 0.5) is 0 Å². The highest BCUT2D eigenvalue weighted by Crippen LogP contribution is 2.62. The maximum absolute atomic E-state index is 7.03. The molecule has 1 aliphatic carbocycles. The first-order valence-electron chi connectivity index (χ1n) is 19.2. The van der Waals surface area contributed by atoms with Crippen LogP contribution < -0.4 is 9.47 Å². The molecule has 2 heterocycles. The van der Waals surface area contributed by atoms with Crippen LogP contribution in [0.1, 0.15) is 22.3 Å². The molecule has 268 valence electrons. The predicted molar refractivity (Wildman–Crippen MR) is 228 cm³/mol. The number of para-hydroxylation sites is 1. The molecule has 0 unspecified atom stereocenters. The summed E-state index contributed by atoms with van der Waals surface area (Å²) in [5, 5.41) is 0. The summed E-state index contributed by atoms with van der Waals surface area (Å²) >= 11 is 0. The van der Waals surface area contributed by atoms with Gasteiger partial charge in [0.15, 0.2) is 28.8 Å². The lowest BCUT2D eigenvalue weighted by Gasteiger charge is -2.34. The molecule has 4 heteroatoms. The summed E-state index contributed by atoms with van der Waals surface area (Å²) in [7, 11) is 0. The van der Waals surface area contributed by atoms with Crippen molar-refractivity contribution in [3.63, 3.8) is 0 Å². The van der Waals surface area contributed by atoms with E-state index in [-0.39, 0.29) is 0 Å². The normalized spacial score (nSPS) is 13.0. The monoisotopic (exact) mass is 730 g/mol. The van der Waals surface area contributed by atoms with Crippen molar-refractivity contribution in [2.45, 2.75) is 5.41 Å². The number of hydrogen-bond acceptors (Lipinski definition) is 4. The third-order valence-corrected chi connectivity index (χ3v) is 11.2. The number of nitrogens with zero attached hydrogens (tertiary/aromatic N) is 2. The fourth-order valence-corrected chi connectivity index (χ4v) is 8.73. The minimum atomic E-state index is -0.544. The van der Waals surface area contributed by atoms with Crippen LogP contribution in [0, 0.1) is 0 Å². The van der Waals surface area contributed by atoms with Gasteiger partial charge in [-0.1, -0.05) is 176 Å². The number of aromatic nitrogens is 2. The molecule has 57 heavy (non-hydrogen) atoms. The predicted octanol–water partition coefficient (Wildman–Crippen LogP) is 13.4. The van der Waals surface area contributed by atoms with E-state index < -0.39 is 5.41 Å². The minimum Gasteiger partial charge on any atom is -0.449 e. The van der Waals surface area contributed by atoms with Crippen LogP contribution in [-0.2, 0) is 5.41 Å². The van der Waals surface area contributed by atoms with E-state index in [0.717, 1.165) is 55.9 Å². The van der Waals surface area contributed by atoms with E-state index in [9.17, 15) is 0 Å². The molecule has 1 aromatic heterocycles. The van der Waals surface area contributed by atoms with Gasteiger partial charge >= 0.3 is 0 Å². The van der Waals surface area contributed by atoms with E-state index in [1.54, 1.807) is 0 Å². The molecule has 0 spiro atoms. The molecule has 0 saturated heterocycles. The quantitative estimate of drug-likeness (QED) is 0.171. The average Bonchev–Trinajstić information content (AvgIpc) is 3.61. The number of rotatable bonds is 6. The van der Waals surface area contributed by atoms with Gasteiger partial charge in [0.1, 0.15) is 0 Å². The Bertz CT molecular complexity index is 2910. The van der Waals surface area contributed by atoms with Gasteiger partial charge in [0.2, 0.25) is 0 Å². The van der Waals surface area contributed by atoms with Gasteiger partial charge < -0.3 is 9.47 Å². The SMILES string of the molecule is c1ccc(-c2cccc(-c3nc(-c4ccccc4)cc(-c4cccc5c4Oc4ccc6c(c4O5)-c4ccccc4C6(c4ccccc4)c4ccccc4)n3)c2)cc1. The van der Waals surface area contributed by atoms with E-state index in [2.05, 4.69) is 158 Å². The standard InChI is InChI=1S/C53H34N2O2/c1-5-17-35(18-6-1)37-21-15-22-38(33-37)52-54-45(36-19-7-2-8-20-36)34-46(55-52)42-28-16-30-47-50(42)56-48-32-31-44-49(51(48)57-47)41-27-13-14-29-43(41)53(44,39-23-9-3-10-24-39)40-25-11-4-12-26-40/h1-34H. The summed E-state index contributed by atoms with van der Waals surface area (Å²) in [6.07, 6.45) is 0. The molecule has 8 aromatic carbocycles. The first kappa shape index (κ1) is 32.8. The molecule has 0 N–H and O–H groups in total. The molecule has 0 amide bonds. The van der Waals surface area contributed by atoms with E-state index in [1.807, 2.05) is 48.5 Å². The summed E-state index contributed by atoms with van der Waals surface area (Å²) in [5.74, 6) is 3.26. The molecule has 11 rings (SSSR count). The van der Waals surface area contributed by atoms with Crippen molar-refractivity contribution in [2.24, 2.45) is 0 Å². The lowest BCUT2D eigenvalue weighted by atomic mass is 9.68. The Hall–Kier alpha value is -7.56. The van der Waals surface area contributed by atoms with Gasteiger partial charge in [0.05, 0.1) is 16.8 Å². The third-order valence-electron chi connectivity index (χ3n) is 11.2. The summed E-state index contributed by atoms with van der Waals surface area (Å²) in [5.41, 5.74) is 13.0. The Kier molecular flexibility index (Phi) is 7.68. The zero-order chi connectivity index (χ0) is 37.8. The topological polar surface area (TPSA) is 44.2 Å².